The molecule has 36 heavy (non-hydrogen) atoms. The lowest BCUT2D eigenvalue weighted by atomic mass is 9.83. The van der Waals surface area contributed by atoms with Gasteiger partial charge in [0.1, 0.15) is 17.9 Å². The Morgan fingerprint density at radius 3 is 2.28 bits per heavy atom. The third-order valence-electron chi connectivity index (χ3n) is 7.10. The molecule has 1 amide bonds. The molecule has 0 spiro atoms. The fraction of sp³-hybridized carbons (Fsp3) is 0.345. The number of carbonyl (C=O) groups excluding carboxylic acids is 1. The van der Waals surface area contributed by atoms with E-state index in [4.69, 9.17) is 4.74 Å². The van der Waals surface area contributed by atoms with Crippen molar-refractivity contribution in [3.05, 3.63) is 89.5 Å². The molecule has 0 aromatic heterocycles. The van der Waals surface area contributed by atoms with Crippen LogP contribution in [0.4, 0.5) is 5.69 Å². The van der Waals surface area contributed by atoms with E-state index in [9.17, 15) is 13.2 Å². The van der Waals surface area contributed by atoms with Crippen molar-refractivity contribution < 1.29 is 17.9 Å². The molecule has 1 N–H and O–H groups in total. The van der Waals surface area contributed by atoms with Crippen LogP contribution in [-0.4, -0.2) is 26.5 Å². The van der Waals surface area contributed by atoms with Gasteiger partial charge in [0.25, 0.3) is 10.0 Å². The van der Waals surface area contributed by atoms with Gasteiger partial charge in [0.05, 0.1) is 16.6 Å². The zero-order valence-electron chi connectivity index (χ0n) is 21.3. The van der Waals surface area contributed by atoms with Gasteiger partial charge in [0, 0.05) is 12.0 Å². The average molecular weight is 507 g/mol. The molecule has 3 aromatic carbocycles. The number of fused-ring (bicyclic) bond motifs is 1. The first-order chi connectivity index (χ1) is 17.2. The Labute approximate surface area is 214 Å². The number of para-hydroxylation sites is 2. The van der Waals surface area contributed by atoms with Gasteiger partial charge in [-0.05, 0) is 56.5 Å². The molecule has 7 heteroatoms. The maximum atomic E-state index is 13.7. The van der Waals surface area contributed by atoms with Crippen molar-refractivity contribution in [2.45, 2.75) is 63.5 Å². The second-order valence-electron chi connectivity index (χ2n) is 9.47. The predicted molar refractivity (Wildman–Crippen MR) is 143 cm³/mol. The van der Waals surface area contributed by atoms with Crippen LogP contribution in [0.5, 0.6) is 5.75 Å². The summed E-state index contributed by atoms with van der Waals surface area (Å²) in [4.78, 5) is 13.6. The van der Waals surface area contributed by atoms with E-state index in [1.807, 2.05) is 50.2 Å². The van der Waals surface area contributed by atoms with Gasteiger partial charge in [0.15, 0.2) is 0 Å². The molecule has 0 saturated carbocycles. The topological polar surface area (TPSA) is 75.7 Å². The maximum Gasteiger partial charge on any atom is 0.264 e. The third kappa shape index (κ3) is 5.12. The molecule has 1 unspecified atom stereocenters. The number of sulfonamides is 1. The molecule has 0 bridgehead atoms. The summed E-state index contributed by atoms with van der Waals surface area (Å²) in [5.41, 5.74) is 2.75. The first kappa shape index (κ1) is 25.8. The number of aryl methyl sites for hydroxylation is 2. The van der Waals surface area contributed by atoms with E-state index in [1.54, 1.807) is 36.4 Å². The summed E-state index contributed by atoms with van der Waals surface area (Å²) >= 11 is 0. The molecule has 4 rings (SSSR count). The van der Waals surface area contributed by atoms with Crippen LogP contribution >= 0.6 is 0 Å². The SMILES string of the molecule is CCC1(CC)CC(NC(=O)CN(c2ccccc2C)S(=O)(=O)c2ccc(C)cc2)c2ccccc2O1. The number of nitrogens with one attached hydrogen (secondary N) is 1. The zero-order chi connectivity index (χ0) is 25.9. The Balaban J connectivity index is 1.66. The van der Waals surface area contributed by atoms with Crippen molar-refractivity contribution in [3.8, 4) is 5.75 Å². The maximum absolute atomic E-state index is 13.7. The third-order valence-corrected chi connectivity index (χ3v) is 8.88. The number of rotatable bonds is 8. The molecule has 6 nitrogen and oxygen atoms in total. The monoisotopic (exact) mass is 506 g/mol. The first-order valence-electron chi connectivity index (χ1n) is 12.4. The van der Waals surface area contributed by atoms with Crippen molar-refractivity contribution in [3.63, 3.8) is 0 Å². The number of anilines is 1. The van der Waals surface area contributed by atoms with Crippen LogP contribution in [0, 0.1) is 13.8 Å². The van der Waals surface area contributed by atoms with Crippen molar-refractivity contribution in [1.82, 2.24) is 5.32 Å². The molecule has 0 saturated heterocycles. The molecule has 1 atom stereocenters. The van der Waals surface area contributed by atoms with Gasteiger partial charge >= 0.3 is 0 Å². The molecule has 1 aliphatic heterocycles. The average Bonchev–Trinajstić information content (AvgIpc) is 2.88. The number of benzene rings is 3. The predicted octanol–water partition coefficient (Wildman–Crippen LogP) is 5.70. The number of hydrogen-bond acceptors (Lipinski definition) is 4. The van der Waals surface area contributed by atoms with E-state index in [0.29, 0.717) is 12.1 Å². The van der Waals surface area contributed by atoms with Crippen LogP contribution < -0.4 is 14.4 Å². The highest BCUT2D eigenvalue weighted by Gasteiger charge is 2.39. The highest BCUT2D eigenvalue weighted by Crippen LogP contribution is 2.42. The summed E-state index contributed by atoms with van der Waals surface area (Å²) in [5, 5.41) is 3.13. The number of ether oxygens (including phenoxy) is 1. The summed E-state index contributed by atoms with van der Waals surface area (Å²) in [6, 6.07) is 21.4. The van der Waals surface area contributed by atoms with Gasteiger partial charge in [-0.15, -0.1) is 0 Å². The molecule has 0 fully saturated rings. The largest absolute Gasteiger partial charge is 0.487 e. The summed E-state index contributed by atoms with van der Waals surface area (Å²) in [7, 11) is -3.97. The van der Waals surface area contributed by atoms with Crippen LogP contribution in [0.15, 0.2) is 77.7 Å². The van der Waals surface area contributed by atoms with E-state index in [2.05, 4.69) is 19.2 Å². The van der Waals surface area contributed by atoms with Gasteiger partial charge in [-0.25, -0.2) is 8.42 Å². The minimum absolute atomic E-state index is 0.150. The van der Waals surface area contributed by atoms with Gasteiger partial charge < -0.3 is 10.1 Å². The van der Waals surface area contributed by atoms with Gasteiger partial charge in [0.2, 0.25) is 5.91 Å². The zero-order valence-corrected chi connectivity index (χ0v) is 22.1. The smallest absolute Gasteiger partial charge is 0.264 e. The second-order valence-corrected chi connectivity index (χ2v) is 11.3. The highest BCUT2D eigenvalue weighted by molar-refractivity contribution is 7.92. The summed E-state index contributed by atoms with van der Waals surface area (Å²) in [6.45, 7) is 7.60. The quantitative estimate of drug-likeness (QED) is 0.425. The standard InChI is InChI=1S/C29H34N2O4S/c1-5-29(6-2)19-25(24-12-8-10-14-27(24)35-29)30-28(32)20-31(26-13-9-7-11-22(26)4)36(33,34)23-17-15-21(3)16-18-23/h7-18,25H,5-6,19-20H2,1-4H3,(H,30,32). The Kier molecular flexibility index (Phi) is 7.41. The van der Waals surface area contributed by atoms with Crippen LogP contribution in [-0.2, 0) is 14.8 Å². The van der Waals surface area contributed by atoms with E-state index in [0.717, 1.165) is 35.3 Å². The van der Waals surface area contributed by atoms with Crippen molar-refractivity contribution in [1.29, 1.82) is 0 Å². The summed E-state index contributed by atoms with van der Waals surface area (Å²) < 4.78 is 35.1. The number of nitrogens with zero attached hydrogens (tertiary/aromatic N) is 1. The second kappa shape index (κ2) is 10.3. The van der Waals surface area contributed by atoms with Crippen LogP contribution in [0.1, 0.15) is 55.8 Å². The Hall–Kier alpha value is -3.32. The molecule has 1 aliphatic rings. The van der Waals surface area contributed by atoms with Gasteiger partial charge in [-0.3, -0.25) is 9.10 Å². The number of amides is 1. The van der Waals surface area contributed by atoms with Crippen molar-refractivity contribution in [2.75, 3.05) is 10.8 Å². The Morgan fingerprint density at radius 1 is 0.972 bits per heavy atom. The first-order valence-corrected chi connectivity index (χ1v) is 13.9. The van der Waals surface area contributed by atoms with E-state index >= 15 is 0 Å². The van der Waals surface area contributed by atoms with Crippen LogP contribution in [0.25, 0.3) is 0 Å². The lowest BCUT2D eigenvalue weighted by Gasteiger charge is -2.41. The number of hydrogen-bond donors (Lipinski definition) is 1. The molecular weight excluding hydrogens is 472 g/mol. The lowest BCUT2D eigenvalue weighted by molar-refractivity contribution is -0.121. The molecule has 0 radical (unpaired) electrons. The number of carbonyl (C=O) groups is 1. The van der Waals surface area contributed by atoms with E-state index in [1.165, 1.54) is 4.31 Å². The van der Waals surface area contributed by atoms with Crippen LogP contribution in [0.3, 0.4) is 0 Å². The summed E-state index contributed by atoms with van der Waals surface area (Å²) in [5.74, 6) is 0.400. The molecule has 1 heterocycles. The normalized spacial score (nSPS) is 16.5. The highest BCUT2D eigenvalue weighted by atomic mass is 32.2. The molecular formula is C29H34N2O4S. The minimum Gasteiger partial charge on any atom is -0.487 e. The van der Waals surface area contributed by atoms with E-state index in [-0.39, 0.29) is 29.0 Å². The molecule has 190 valence electrons. The Morgan fingerprint density at radius 2 is 1.61 bits per heavy atom. The Bertz CT molecular complexity index is 1330. The van der Waals surface area contributed by atoms with Gasteiger partial charge in [-0.2, -0.15) is 0 Å². The fourth-order valence-electron chi connectivity index (χ4n) is 4.78. The lowest BCUT2D eigenvalue weighted by Crippen LogP contribution is -2.47. The van der Waals surface area contributed by atoms with Gasteiger partial charge in [-0.1, -0.05) is 67.9 Å². The van der Waals surface area contributed by atoms with Crippen molar-refractivity contribution >= 4 is 21.6 Å². The van der Waals surface area contributed by atoms with Crippen LogP contribution in [0.2, 0.25) is 0 Å². The molecule has 3 aromatic rings. The van der Waals surface area contributed by atoms with Crippen molar-refractivity contribution in [2.24, 2.45) is 0 Å². The summed E-state index contributed by atoms with van der Waals surface area (Å²) in [6.07, 6.45) is 2.24. The molecule has 0 aliphatic carbocycles. The fourth-order valence-corrected chi connectivity index (χ4v) is 6.27. The van der Waals surface area contributed by atoms with E-state index < -0.39 is 10.0 Å². The minimum atomic E-state index is -3.97.